The maximum absolute atomic E-state index is 4.40. The molecule has 1 unspecified atom stereocenters. The Morgan fingerprint density at radius 2 is 2.29 bits per heavy atom. The summed E-state index contributed by atoms with van der Waals surface area (Å²) in [6, 6.07) is 0.168. The number of hydrogen-bond donors (Lipinski definition) is 2. The van der Waals surface area contributed by atoms with E-state index in [1.165, 1.54) is 11.5 Å². The van der Waals surface area contributed by atoms with E-state index in [9.17, 15) is 0 Å². The standard InChI is InChI=1S/C11H17N5S/c1-4-8(10-12-6-7(3)13-10)14-11-15-9(5-2)16-17-11/h6,8H,4-5H2,1-3H3,(H,12,13)(H,14,15,16). The van der Waals surface area contributed by atoms with Crippen LogP contribution in [0.5, 0.6) is 0 Å². The minimum absolute atomic E-state index is 0.168. The van der Waals surface area contributed by atoms with Crippen LogP contribution in [0.25, 0.3) is 0 Å². The second kappa shape index (κ2) is 5.27. The maximum atomic E-state index is 4.40. The molecule has 2 aromatic heterocycles. The van der Waals surface area contributed by atoms with Gasteiger partial charge in [-0.3, -0.25) is 0 Å². The number of rotatable bonds is 5. The number of hydrogen-bond acceptors (Lipinski definition) is 5. The van der Waals surface area contributed by atoms with Crippen molar-refractivity contribution >= 4 is 16.7 Å². The molecule has 0 spiro atoms. The Morgan fingerprint density at radius 3 is 2.82 bits per heavy atom. The molecular weight excluding hydrogens is 234 g/mol. The Balaban J connectivity index is 2.09. The molecule has 0 radical (unpaired) electrons. The molecule has 0 bridgehead atoms. The SMILES string of the molecule is CCc1nsc(NC(CC)c2ncc(C)[nH]2)n1. The summed E-state index contributed by atoms with van der Waals surface area (Å²) in [5, 5.41) is 4.23. The van der Waals surface area contributed by atoms with Crippen molar-refractivity contribution in [3.8, 4) is 0 Å². The first-order chi connectivity index (χ1) is 8.22. The first-order valence-corrected chi connectivity index (χ1v) is 6.60. The van der Waals surface area contributed by atoms with Crippen LogP contribution in [0, 0.1) is 6.92 Å². The molecule has 0 aromatic carbocycles. The van der Waals surface area contributed by atoms with Gasteiger partial charge >= 0.3 is 0 Å². The molecule has 0 amide bonds. The molecule has 2 heterocycles. The first-order valence-electron chi connectivity index (χ1n) is 5.83. The quantitative estimate of drug-likeness (QED) is 0.857. The third kappa shape index (κ3) is 2.82. The van der Waals surface area contributed by atoms with Crippen LogP contribution < -0.4 is 5.32 Å². The monoisotopic (exact) mass is 251 g/mol. The van der Waals surface area contributed by atoms with Crippen LogP contribution >= 0.6 is 11.5 Å². The fourth-order valence-corrected chi connectivity index (χ4v) is 2.28. The zero-order valence-corrected chi connectivity index (χ0v) is 11.1. The van der Waals surface area contributed by atoms with Crippen molar-refractivity contribution in [1.82, 2.24) is 19.3 Å². The molecule has 17 heavy (non-hydrogen) atoms. The van der Waals surface area contributed by atoms with Crippen molar-refractivity contribution in [1.29, 1.82) is 0 Å². The van der Waals surface area contributed by atoms with Crippen molar-refractivity contribution < 1.29 is 0 Å². The molecule has 0 aliphatic rings. The van der Waals surface area contributed by atoms with Crippen LogP contribution in [0.3, 0.4) is 0 Å². The number of aromatic amines is 1. The molecule has 0 saturated heterocycles. The van der Waals surface area contributed by atoms with Gasteiger partial charge < -0.3 is 10.3 Å². The summed E-state index contributed by atoms with van der Waals surface area (Å²) < 4.78 is 4.26. The fraction of sp³-hybridized carbons (Fsp3) is 0.545. The highest BCUT2D eigenvalue weighted by Gasteiger charge is 2.14. The Kier molecular flexibility index (Phi) is 3.73. The maximum Gasteiger partial charge on any atom is 0.203 e. The second-order valence-corrected chi connectivity index (χ2v) is 4.68. The average Bonchev–Trinajstić information content (AvgIpc) is 2.94. The molecule has 2 N–H and O–H groups in total. The minimum Gasteiger partial charge on any atom is -0.350 e. The number of nitrogens with one attached hydrogen (secondary N) is 2. The van der Waals surface area contributed by atoms with E-state index in [2.05, 4.69) is 38.5 Å². The van der Waals surface area contributed by atoms with E-state index in [4.69, 9.17) is 0 Å². The van der Waals surface area contributed by atoms with E-state index < -0.39 is 0 Å². The highest BCUT2D eigenvalue weighted by molar-refractivity contribution is 7.09. The molecule has 1 atom stereocenters. The zero-order chi connectivity index (χ0) is 12.3. The topological polar surface area (TPSA) is 66.5 Å². The molecule has 92 valence electrons. The molecule has 2 aromatic rings. The van der Waals surface area contributed by atoms with Crippen molar-refractivity contribution in [2.45, 2.75) is 39.7 Å². The number of nitrogens with zero attached hydrogens (tertiary/aromatic N) is 3. The third-order valence-electron chi connectivity index (χ3n) is 2.54. The van der Waals surface area contributed by atoms with Gasteiger partial charge in [-0.2, -0.15) is 4.37 Å². The normalized spacial score (nSPS) is 12.6. The lowest BCUT2D eigenvalue weighted by molar-refractivity contribution is 0.701. The average molecular weight is 251 g/mol. The van der Waals surface area contributed by atoms with E-state index >= 15 is 0 Å². The van der Waals surface area contributed by atoms with Crippen LogP contribution in [-0.2, 0) is 6.42 Å². The van der Waals surface area contributed by atoms with Gasteiger partial charge in [0.05, 0.1) is 6.04 Å². The Bertz CT molecular complexity index is 476. The summed E-state index contributed by atoms with van der Waals surface area (Å²) in [5.41, 5.74) is 1.08. The number of imidazole rings is 1. The van der Waals surface area contributed by atoms with Gasteiger partial charge in [-0.15, -0.1) is 0 Å². The predicted molar refractivity (Wildman–Crippen MR) is 69.3 cm³/mol. The van der Waals surface area contributed by atoms with Crippen LogP contribution in [0.4, 0.5) is 5.13 Å². The molecule has 2 rings (SSSR count). The van der Waals surface area contributed by atoms with Crippen molar-refractivity contribution in [3.05, 3.63) is 23.5 Å². The Morgan fingerprint density at radius 1 is 1.47 bits per heavy atom. The lowest BCUT2D eigenvalue weighted by Crippen LogP contribution is -2.11. The Labute approximate surface area is 105 Å². The predicted octanol–water partition coefficient (Wildman–Crippen LogP) is 2.70. The smallest absolute Gasteiger partial charge is 0.203 e. The highest BCUT2D eigenvalue weighted by Crippen LogP contribution is 2.21. The zero-order valence-electron chi connectivity index (χ0n) is 10.3. The van der Waals surface area contributed by atoms with Crippen molar-refractivity contribution in [3.63, 3.8) is 0 Å². The number of aryl methyl sites for hydroxylation is 2. The molecular formula is C11H17N5S. The summed E-state index contributed by atoms with van der Waals surface area (Å²) in [4.78, 5) is 12.0. The van der Waals surface area contributed by atoms with Gasteiger partial charge in [0.2, 0.25) is 5.13 Å². The number of aromatic nitrogens is 4. The summed E-state index contributed by atoms with van der Waals surface area (Å²) in [5.74, 6) is 1.85. The third-order valence-corrected chi connectivity index (χ3v) is 3.23. The lowest BCUT2D eigenvalue weighted by Gasteiger charge is -2.12. The molecule has 0 fully saturated rings. The second-order valence-electron chi connectivity index (χ2n) is 3.93. The summed E-state index contributed by atoms with van der Waals surface area (Å²) >= 11 is 1.41. The van der Waals surface area contributed by atoms with Crippen LogP contribution in [0.1, 0.15) is 43.7 Å². The molecule has 6 heteroatoms. The van der Waals surface area contributed by atoms with E-state index in [0.29, 0.717) is 0 Å². The summed E-state index contributed by atoms with van der Waals surface area (Å²) in [6.45, 7) is 6.18. The van der Waals surface area contributed by atoms with Crippen molar-refractivity contribution in [2.24, 2.45) is 0 Å². The van der Waals surface area contributed by atoms with Gasteiger partial charge in [0.15, 0.2) is 0 Å². The van der Waals surface area contributed by atoms with Gasteiger partial charge in [-0.05, 0) is 13.3 Å². The van der Waals surface area contributed by atoms with E-state index in [0.717, 1.165) is 35.3 Å². The minimum atomic E-state index is 0.168. The van der Waals surface area contributed by atoms with Crippen LogP contribution in [0.15, 0.2) is 6.20 Å². The van der Waals surface area contributed by atoms with Crippen molar-refractivity contribution in [2.75, 3.05) is 5.32 Å². The van der Waals surface area contributed by atoms with Crippen LogP contribution in [-0.4, -0.2) is 19.3 Å². The lowest BCUT2D eigenvalue weighted by atomic mass is 10.2. The highest BCUT2D eigenvalue weighted by atomic mass is 32.1. The summed E-state index contributed by atoms with van der Waals surface area (Å²) in [6.07, 6.45) is 3.67. The molecule has 0 aliphatic heterocycles. The van der Waals surface area contributed by atoms with Crippen LogP contribution in [0.2, 0.25) is 0 Å². The van der Waals surface area contributed by atoms with E-state index in [1.54, 1.807) is 0 Å². The molecule has 0 saturated carbocycles. The summed E-state index contributed by atoms with van der Waals surface area (Å²) in [7, 11) is 0. The largest absolute Gasteiger partial charge is 0.350 e. The first kappa shape index (κ1) is 12.0. The molecule has 5 nitrogen and oxygen atoms in total. The fourth-order valence-electron chi connectivity index (χ4n) is 1.58. The van der Waals surface area contributed by atoms with Gasteiger partial charge in [-0.1, -0.05) is 13.8 Å². The number of anilines is 1. The van der Waals surface area contributed by atoms with Gasteiger partial charge in [-0.25, -0.2) is 9.97 Å². The van der Waals surface area contributed by atoms with Gasteiger partial charge in [0, 0.05) is 29.8 Å². The van der Waals surface area contributed by atoms with Gasteiger partial charge in [0.25, 0.3) is 0 Å². The van der Waals surface area contributed by atoms with E-state index in [1.807, 2.05) is 13.1 Å². The molecule has 0 aliphatic carbocycles. The Hall–Kier alpha value is -1.43. The van der Waals surface area contributed by atoms with Gasteiger partial charge in [0.1, 0.15) is 11.6 Å². The van der Waals surface area contributed by atoms with E-state index in [-0.39, 0.29) is 6.04 Å². The number of H-pyrrole nitrogens is 1.